The van der Waals surface area contributed by atoms with E-state index in [1.807, 2.05) is 29.2 Å². The first kappa shape index (κ1) is 19.7. The average Bonchev–Trinajstić information content (AvgIpc) is 3.13. The van der Waals surface area contributed by atoms with Crippen LogP contribution in [0, 0.1) is 0 Å². The largest absolute Gasteiger partial charge is 0.454 e. The van der Waals surface area contributed by atoms with Crippen LogP contribution in [-0.4, -0.2) is 42.8 Å². The van der Waals surface area contributed by atoms with Gasteiger partial charge in [-0.2, -0.15) is 0 Å². The second kappa shape index (κ2) is 8.13. The Hall–Kier alpha value is -3.22. The highest BCUT2D eigenvalue weighted by molar-refractivity contribution is 6.04. The number of hydrogen-bond donors (Lipinski definition) is 1. The standard InChI is InChI=1S/C24H27N3O4/c1-2-26-19-13-17(8-9-18(19)24(29)27-11-5-3-4-6-22(26)27)23(28)25-14-16-7-10-20-21(12-16)31-15-30-20/h7-10,12-13,22H,2-6,11,14-15H2,1H3,(H,25,28)/t22-/m0/s1. The Morgan fingerprint density at radius 3 is 2.84 bits per heavy atom. The quantitative estimate of drug-likeness (QED) is 0.818. The molecular weight excluding hydrogens is 394 g/mol. The van der Waals surface area contributed by atoms with Gasteiger partial charge in [-0.25, -0.2) is 0 Å². The summed E-state index contributed by atoms with van der Waals surface area (Å²) in [4.78, 5) is 30.3. The lowest BCUT2D eigenvalue weighted by Crippen LogP contribution is -2.55. The van der Waals surface area contributed by atoms with Gasteiger partial charge >= 0.3 is 0 Å². The van der Waals surface area contributed by atoms with Crippen LogP contribution in [0.15, 0.2) is 36.4 Å². The first-order valence-electron chi connectivity index (χ1n) is 11.0. The van der Waals surface area contributed by atoms with Crippen molar-refractivity contribution in [3.8, 4) is 11.5 Å². The molecule has 0 unspecified atom stereocenters. The Labute approximate surface area is 181 Å². The van der Waals surface area contributed by atoms with Gasteiger partial charge in [0.25, 0.3) is 11.8 Å². The van der Waals surface area contributed by atoms with E-state index in [2.05, 4.69) is 17.1 Å². The molecule has 3 heterocycles. The van der Waals surface area contributed by atoms with Crippen molar-refractivity contribution in [1.82, 2.24) is 10.2 Å². The molecule has 0 saturated carbocycles. The van der Waals surface area contributed by atoms with Crippen molar-refractivity contribution in [1.29, 1.82) is 0 Å². The van der Waals surface area contributed by atoms with Crippen LogP contribution in [0.2, 0.25) is 0 Å². The van der Waals surface area contributed by atoms with E-state index in [1.165, 1.54) is 0 Å². The monoisotopic (exact) mass is 421 g/mol. The zero-order chi connectivity index (χ0) is 21.4. The minimum Gasteiger partial charge on any atom is -0.454 e. The minimum atomic E-state index is -0.160. The number of anilines is 1. The maximum absolute atomic E-state index is 13.1. The fourth-order valence-corrected chi connectivity index (χ4v) is 4.77. The Morgan fingerprint density at radius 1 is 1.10 bits per heavy atom. The van der Waals surface area contributed by atoms with Crippen LogP contribution in [0.3, 0.4) is 0 Å². The molecule has 3 aliphatic heterocycles. The number of ether oxygens (including phenoxy) is 2. The third-order valence-corrected chi connectivity index (χ3v) is 6.37. The lowest BCUT2D eigenvalue weighted by atomic mass is 10.0. The third-order valence-electron chi connectivity index (χ3n) is 6.37. The molecule has 1 N–H and O–H groups in total. The van der Waals surface area contributed by atoms with E-state index in [4.69, 9.17) is 9.47 Å². The summed E-state index contributed by atoms with van der Waals surface area (Å²) in [6.07, 6.45) is 4.38. The van der Waals surface area contributed by atoms with Gasteiger partial charge in [0.1, 0.15) is 6.17 Å². The van der Waals surface area contributed by atoms with Gasteiger partial charge in [-0.15, -0.1) is 0 Å². The summed E-state index contributed by atoms with van der Waals surface area (Å²) in [5.41, 5.74) is 3.06. The molecule has 2 aromatic carbocycles. The number of fused-ring (bicyclic) bond motifs is 3. The van der Waals surface area contributed by atoms with E-state index in [0.29, 0.717) is 23.4 Å². The SMILES string of the molecule is CCN1c2cc(C(=O)NCc3ccc4c(c3)OCO4)ccc2C(=O)N2CCCCC[C@H]21. The highest BCUT2D eigenvalue weighted by Gasteiger charge is 2.37. The number of nitrogens with zero attached hydrogens (tertiary/aromatic N) is 2. The van der Waals surface area contributed by atoms with Gasteiger partial charge in [-0.1, -0.05) is 12.5 Å². The van der Waals surface area contributed by atoms with E-state index in [-0.39, 0.29) is 24.8 Å². The molecule has 7 nitrogen and oxygen atoms in total. The van der Waals surface area contributed by atoms with E-state index in [0.717, 1.165) is 55.8 Å². The minimum absolute atomic E-state index is 0.0823. The molecule has 0 aliphatic carbocycles. The van der Waals surface area contributed by atoms with Crippen molar-refractivity contribution in [2.75, 3.05) is 24.8 Å². The number of nitrogens with one attached hydrogen (secondary N) is 1. The smallest absolute Gasteiger partial charge is 0.257 e. The van der Waals surface area contributed by atoms with Gasteiger partial charge in [-0.3, -0.25) is 9.59 Å². The Kier molecular flexibility index (Phi) is 5.18. The number of hydrogen-bond acceptors (Lipinski definition) is 5. The molecule has 2 amide bonds. The summed E-state index contributed by atoms with van der Waals surface area (Å²) in [6, 6.07) is 11.1. The zero-order valence-corrected chi connectivity index (χ0v) is 17.7. The Bertz CT molecular complexity index is 1020. The van der Waals surface area contributed by atoms with E-state index >= 15 is 0 Å². The number of carbonyl (C=O) groups excluding carboxylic acids is 2. The summed E-state index contributed by atoms with van der Waals surface area (Å²) >= 11 is 0. The topological polar surface area (TPSA) is 71.1 Å². The molecule has 2 aromatic rings. The third kappa shape index (κ3) is 3.58. The van der Waals surface area contributed by atoms with E-state index in [9.17, 15) is 9.59 Å². The molecule has 1 saturated heterocycles. The molecule has 5 rings (SSSR count). The number of benzene rings is 2. The lowest BCUT2D eigenvalue weighted by molar-refractivity contribution is 0.0656. The summed E-state index contributed by atoms with van der Waals surface area (Å²) in [6.45, 7) is 4.32. The summed E-state index contributed by atoms with van der Waals surface area (Å²) in [5, 5.41) is 2.97. The van der Waals surface area contributed by atoms with Crippen LogP contribution in [-0.2, 0) is 6.54 Å². The number of amides is 2. The normalized spacial score (nSPS) is 19.5. The molecule has 31 heavy (non-hydrogen) atoms. The molecule has 0 aromatic heterocycles. The van der Waals surface area contributed by atoms with Gasteiger partial charge in [0.15, 0.2) is 11.5 Å². The maximum atomic E-state index is 13.1. The molecular formula is C24H27N3O4. The fraction of sp³-hybridized carbons (Fsp3) is 0.417. The van der Waals surface area contributed by atoms with Gasteiger partial charge in [0, 0.05) is 25.2 Å². The first-order valence-corrected chi connectivity index (χ1v) is 11.0. The van der Waals surface area contributed by atoms with Crippen molar-refractivity contribution >= 4 is 17.5 Å². The summed E-state index contributed by atoms with van der Waals surface area (Å²) in [5.74, 6) is 1.35. The summed E-state index contributed by atoms with van der Waals surface area (Å²) < 4.78 is 10.7. The van der Waals surface area contributed by atoms with Gasteiger partial charge in [0.05, 0.1) is 11.3 Å². The van der Waals surface area contributed by atoms with Crippen LogP contribution >= 0.6 is 0 Å². The van der Waals surface area contributed by atoms with Crippen molar-refractivity contribution in [3.05, 3.63) is 53.1 Å². The van der Waals surface area contributed by atoms with Crippen LogP contribution < -0.4 is 19.7 Å². The van der Waals surface area contributed by atoms with Crippen LogP contribution in [0.25, 0.3) is 0 Å². The Balaban J connectivity index is 1.36. The van der Waals surface area contributed by atoms with Crippen molar-refractivity contribution in [2.24, 2.45) is 0 Å². The van der Waals surface area contributed by atoms with Crippen molar-refractivity contribution in [3.63, 3.8) is 0 Å². The second-order valence-electron chi connectivity index (χ2n) is 8.22. The highest BCUT2D eigenvalue weighted by atomic mass is 16.7. The molecule has 162 valence electrons. The molecule has 1 atom stereocenters. The molecule has 0 bridgehead atoms. The van der Waals surface area contributed by atoms with Crippen LogP contribution in [0.1, 0.15) is 58.9 Å². The van der Waals surface area contributed by atoms with Crippen molar-refractivity contribution < 1.29 is 19.1 Å². The van der Waals surface area contributed by atoms with Crippen LogP contribution in [0.4, 0.5) is 5.69 Å². The first-order chi connectivity index (χ1) is 15.2. The maximum Gasteiger partial charge on any atom is 0.257 e. The summed E-state index contributed by atoms with van der Waals surface area (Å²) in [7, 11) is 0. The molecule has 7 heteroatoms. The predicted octanol–water partition coefficient (Wildman–Crippen LogP) is 3.53. The highest BCUT2D eigenvalue weighted by Crippen LogP contribution is 2.35. The number of carbonyl (C=O) groups is 2. The van der Waals surface area contributed by atoms with Gasteiger partial charge < -0.3 is 24.6 Å². The predicted molar refractivity (Wildman–Crippen MR) is 116 cm³/mol. The molecule has 0 radical (unpaired) electrons. The van der Waals surface area contributed by atoms with E-state index in [1.54, 1.807) is 12.1 Å². The molecule has 3 aliphatic rings. The number of rotatable bonds is 4. The lowest BCUT2D eigenvalue weighted by Gasteiger charge is -2.44. The second-order valence-corrected chi connectivity index (χ2v) is 8.22. The van der Waals surface area contributed by atoms with E-state index < -0.39 is 0 Å². The van der Waals surface area contributed by atoms with Gasteiger partial charge in [0.2, 0.25) is 6.79 Å². The van der Waals surface area contributed by atoms with Crippen molar-refractivity contribution in [2.45, 2.75) is 45.3 Å². The molecule has 0 spiro atoms. The van der Waals surface area contributed by atoms with Crippen LogP contribution in [0.5, 0.6) is 11.5 Å². The Morgan fingerprint density at radius 2 is 1.97 bits per heavy atom. The average molecular weight is 421 g/mol. The molecule has 1 fully saturated rings. The van der Waals surface area contributed by atoms with Gasteiger partial charge in [-0.05, 0) is 62.1 Å². The zero-order valence-electron chi connectivity index (χ0n) is 17.7. The fourth-order valence-electron chi connectivity index (χ4n) is 4.77.